The van der Waals surface area contributed by atoms with Gasteiger partial charge in [0.2, 0.25) is 5.43 Å². The van der Waals surface area contributed by atoms with Crippen molar-refractivity contribution in [2.75, 3.05) is 5.32 Å². The molecule has 114 valence electrons. The maximum atomic E-state index is 12.3. The lowest BCUT2D eigenvalue weighted by molar-refractivity contribution is 0.601. The predicted octanol–water partition coefficient (Wildman–Crippen LogP) is 3.11. The first-order valence-corrected chi connectivity index (χ1v) is 7.30. The Balaban J connectivity index is 1.70. The average Bonchev–Trinajstić information content (AvgIpc) is 2.58. The summed E-state index contributed by atoms with van der Waals surface area (Å²) in [6, 6.07) is 16.5. The van der Waals surface area contributed by atoms with Crippen LogP contribution in [0.5, 0.6) is 0 Å². The summed E-state index contributed by atoms with van der Waals surface area (Å²) in [5.74, 6) is 0. The minimum Gasteiger partial charge on any atom is -0.463 e. The SMILES string of the molecule is O=c1c(/C=N\NC(=S)Nc2ccccc2)coc2ccccc12. The van der Waals surface area contributed by atoms with E-state index < -0.39 is 0 Å². The number of nitrogens with one attached hydrogen (secondary N) is 2. The molecular weight excluding hydrogens is 310 g/mol. The molecule has 6 heteroatoms. The van der Waals surface area contributed by atoms with Crippen molar-refractivity contribution in [3.05, 3.63) is 76.6 Å². The number of anilines is 1. The number of rotatable bonds is 3. The van der Waals surface area contributed by atoms with Crippen molar-refractivity contribution in [1.29, 1.82) is 0 Å². The first-order valence-electron chi connectivity index (χ1n) is 6.90. The zero-order valence-corrected chi connectivity index (χ0v) is 12.8. The normalized spacial score (nSPS) is 10.8. The second-order valence-electron chi connectivity index (χ2n) is 4.71. The first kappa shape index (κ1) is 14.9. The highest BCUT2D eigenvalue weighted by atomic mass is 32.1. The molecule has 0 unspecified atom stereocenters. The number of benzene rings is 2. The molecule has 0 aliphatic heterocycles. The van der Waals surface area contributed by atoms with E-state index in [1.54, 1.807) is 18.2 Å². The van der Waals surface area contributed by atoms with E-state index in [0.717, 1.165) is 5.69 Å². The van der Waals surface area contributed by atoms with Gasteiger partial charge in [0.15, 0.2) is 5.11 Å². The third-order valence-electron chi connectivity index (χ3n) is 3.11. The van der Waals surface area contributed by atoms with Crippen LogP contribution in [0, 0.1) is 0 Å². The number of hydrazone groups is 1. The van der Waals surface area contributed by atoms with Crippen LogP contribution in [0.3, 0.4) is 0 Å². The highest BCUT2D eigenvalue weighted by Gasteiger charge is 2.04. The van der Waals surface area contributed by atoms with E-state index in [9.17, 15) is 4.79 Å². The number of para-hydroxylation sites is 2. The Kier molecular flexibility index (Phi) is 4.44. The molecule has 23 heavy (non-hydrogen) atoms. The van der Waals surface area contributed by atoms with Crippen LogP contribution in [0.1, 0.15) is 5.56 Å². The van der Waals surface area contributed by atoms with Crippen LogP contribution < -0.4 is 16.2 Å². The van der Waals surface area contributed by atoms with Gasteiger partial charge >= 0.3 is 0 Å². The molecule has 3 rings (SSSR count). The number of hydrogen-bond donors (Lipinski definition) is 2. The second kappa shape index (κ2) is 6.85. The second-order valence-corrected chi connectivity index (χ2v) is 5.11. The van der Waals surface area contributed by atoms with Gasteiger partial charge in [-0.15, -0.1) is 0 Å². The largest absolute Gasteiger partial charge is 0.463 e. The van der Waals surface area contributed by atoms with E-state index in [1.165, 1.54) is 12.5 Å². The Morgan fingerprint density at radius 1 is 1.09 bits per heavy atom. The van der Waals surface area contributed by atoms with E-state index in [4.69, 9.17) is 16.6 Å². The van der Waals surface area contributed by atoms with E-state index in [2.05, 4.69) is 15.8 Å². The number of nitrogens with zero attached hydrogens (tertiary/aromatic N) is 1. The molecule has 3 aromatic rings. The third-order valence-corrected chi connectivity index (χ3v) is 3.30. The summed E-state index contributed by atoms with van der Waals surface area (Å²) >= 11 is 5.12. The molecule has 0 aliphatic carbocycles. The molecule has 5 nitrogen and oxygen atoms in total. The predicted molar refractivity (Wildman–Crippen MR) is 95.9 cm³/mol. The van der Waals surface area contributed by atoms with E-state index >= 15 is 0 Å². The summed E-state index contributed by atoms with van der Waals surface area (Å²) in [5.41, 5.74) is 4.27. The zero-order valence-electron chi connectivity index (χ0n) is 12.0. The molecule has 0 radical (unpaired) electrons. The van der Waals surface area contributed by atoms with Crippen molar-refractivity contribution in [3.8, 4) is 0 Å². The maximum absolute atomic E-state index is 12.3. The summed E-state index contributed by atoms with van der Waals surface area (Å²) < 4.78 is 5.41. The molecule has 1 heterocycles. The van der Waals surface area contributed by atoms with Crippen molar-refractivity contribution >= 4 is 40.2 Å². The molecule has 0 saturated carbocycles. The summed E-state index contributed by atoms with van der Waals surface area (Å²) in [4.78, 5) is 12.3. The van der Waals surface area contributed by atoms with Gasteiger partial charge in [0.05, 0.1) is 17.2 Å². The van der Waals surface area contributed by atoms with Gasteiger partial charge in [0.1, 0.15) is 11.8 Å². The molecular formula is C17H13N3O2S. The lowest BCUT2D eigenvalue weighted by atomic mass is 10.2. The topological polar surface area (TPSA) is 66.6 Å². The van der Waals surface area contributed by atoms with E-state index in [-0.39, 0.29) is 5.43 Å². The summed E-state index contributed by atoms with van der Waals surface area (Å²) in [7, 11) is 0. The minimum absolute atomic E-state index is 0.140. The van der Waals surface area contributed by atoms with Crippen LogP contribution >= 0.6 is 12.2 Å². The average molecular weight is 323 g/mol. The molecule has 0 saturated heterocycles. The lowest BCUT2D eigenvalue weighted by Gasteiger charge is -2.06. The summed E-state index contributed by atoms with van der Waals surface area (Å²) in [5, 5.41) is 7.79. The van der Waals surface area contributed by atoms with E-state index in [0.29, 0.717) is 21.6 Å². The molecule has 2 aromatic carbocycles. The van der Waals surface area contributed by atoms with Gasteiger partial charge in [-0.25, -0.2) is 0 Å². The first-order chi connectivity index (χ1) is 11.2. The van der Waals surface area contributed by atoms with Crippen molar-refractivity contribution < 1.29 is 4.42 Å². The van der Waals surface area contributed by atoms with Crippen molar-refractivity contribution in [1.82, 2.24) is 5.43 Å². The highest BCUT2D eigenvalue weighted by molar-refractivity contribution is 7.80. The lowest BCUT2D eigenvalue weighted by Crippen LogP contribution is -2.24. The fourth-order valence-corrected chi connectivity index (χ4v) is 2.19. The van der Waals surface area contributed by atoms with Gasteiger partial charge in [-0.3, -0.25) is 10.2 Å². The van der Waals surface area contributed by atoms with Gasteiger partial charge in [0.25, 0.3) is 0 Å². The van der Waals surface area contributed by atoms with Gasteiger partial charge in [-0.05, 0) is 36.5 Å². The number of fused-ring (bicyclic) bond motifs is 1. The zero-order chi connectivity index (χ0) is 16.1. The Labute approximate surface area is 137 Å². The molecule has 0 bridgehead atoms. The molecule has 2 N–H and O–H groups in total. The minimum atomic E-state index is -0.140. The Morgan fingerprint density at radius 3 is 2.65 bits per heavy atom. The van der Waals surface area contributed by atoms with Crippen LogP contribution in [0.25, 0.3) is 11.0 Å². The van der Waals surface area contributed by atoms with Crippen LogP contribution in [-0.2, 0) is 0 Å². The Hall–Kier alpha value is -2.99. The molecule has 1 aromatic heterocycles. The highest BCUT2D eigenvalue weighted by Crippen LogP contribution is 2.09. The fraction of sp³-hybridized carbons (Fsp3) is 0. The van der Waals surface area contributed by atoms with Gasteiger partial charge in [-0.1, -0.05) is 30.3 Å². The van der Waals surface area contributed by atoms with Crippen LogP contribution in [0.4, 0.5) is 5.69 Å². The fourth-order valence-electron chi connectivity index (χ4n) is 2.02. The Morgan fingerprint density at radius 2 is 1.83 bits per heavy atom. The van der Waals surface area contributed by atoms with Crippen molar-refractivity contribution in [3.63, 3.8) is 0 Å². The monoisotopic (exact) mass is 323 g/mol. The van der Waals surface area contributed by atoms with Crippen LogP contribution in [-0.4, -0.2) is 11.3 Å². The molecule has 0 amide bonds. The number of hydrogen-bond acceptors (Lipinski definition) is 4. The van der Waals surface area contributed by atoms with Gasteiger partial charge in [0, 0.05) is 5.69 Å². The van der Waals surface area contributed by atoms with Gasteiger partial charge < -0.3 is 9.73 Å². The molecule has 0 atom stereocenters. The van der Waals surface area contributed by atoms with Crippen molar-refractivity contribution in [2.24, 2.45) is 5.10 Å². The quantitative estimate of drug-likeness (QED) is 0.440. The summed E-state index contributed by atoms with van der Waals surface area (Å²) in [6.45, 7) is 0. The van der Waals surface area contributed by atoms with Crippen LogP contribution in [0.15, 0.2) is 75.2 Å². The maximum Gasteiger partial charge on any atom is 0.201 e. The summed E-state index contributed by atoms with van der Waals surface area (Å²) in [6.07, 6.45) is 2.76. The standard InChI is InChI=1S/C17H13N3O2S/c21-16-12(11-22-15-9-5-4-8-14(15)16)10-18-20-17(23)19-13-6-2-1-3-7-13/h1-11H,(H2,19,20,23)/b18-10-. The van der Waals surface area contributed by atoms with Crippen molar-refractivity contribution in [2.45, 2.75) is 0 Å². The molecule has 0 spiro atoms. The smallest absolute Gasteiger partial charge is 0.201 e. The van der Waals surface area contributed by atoms with Gasteiger partial charge in [-0.2, -0.15) is 5.10 Å². The molecule has 0 fully saturated rings. The Bertz CT molecular complexity index is 920. The molecule has 0 aliphatic rings. The number of thiocarbonyl (C=S) groups is 1. The van der Waals surface area contributed by atoms with Crippen LogP contribution in [0.2, 0.25) is 0 Å². The third kappa shape index (κ3) is 3.61. The van der Waals surface area contributed by atoms with E-state index in [1.807, 2.05) is 36.4 Å².